The first-order valence-corrected chi connectivity index (χ1v) is 21.8. The van der Waals surface area contributed by atoms with Gasteiger partial charge in [-0.1, -0.05) is 120 Å². The minimum absolute atomic E-state index is 0.0705. The Hall–Kier alpha value is -3.88. The molecule has 0 saturated heterocycles. The number of allylic oxidation sites excluding steroid dienone is 2. The van der Waals surface area contributed by atoms with Crippen molar-refractivity contribution in [2.45, 2.75) is 137 Å². The third-order valence-corrected chi connectivity index (χ3v) is 14.6. The predicted molar refractivity (Wildman–Crippen MR) is 229 cm³/mol. The molecular weight excluding hydrogens is 703 g/mol. The number of ether oxygens (including phenoxy) is 3. The summed E-state index contributed by atoms with van der Waals surface area (Å²) in [7, 11) is -0.883. The second kappa shape index (κ2) is 19.8. The van der Waals surface area contributed by atoms with Gasteiger partial charge in [-0.25, -0.2) is 4.79 Å². The van der Waals surface area contributed by atoms with E-state index in [4.69, 9.17) is 18.6 Å². The molecule has 55 heavy (non-hydrogen) atoms. The third kappa shape index (κ3) is 14.3. The van der Waals surface area contributed by atoms with Crippen molar-refractivity contribution in [3.05, 3.63) is 103 Å². The average molecular weight is 772 g/mol. The van der Waals surface area contributed by atoms with Gasteiger partial charge in [-0.15, -0.1) is 0 Å². The lowest BCUT2D eigenvalue weighted by atomic mass is 9.95. The standard InChI is InChI=1S/C47H69NO6Si/c1-35(32-36(2)34-51-55(47(10,11)12,40-23-16-14-17-24-40)41-25-18-15-19-26-41)22-20-21-27-43(52-37(3)49)42(48(13)44(50)54-46(7,8)9)33-38-28-30-39(31-29-38)53-45(4,5)6/h14-20,22-26,28-31,35-36,42-43H,21,27,32-34H2,1-13H3/b22-20+/t35-,36-,42-,43+/m0/s1. The van der Waals surface area contributed by atoms with Crippen LogP contribution in [0, 0.1) is 11.8 Å². The van der Waals surface area contributed by atoms with E-state index in [0.29, 0.717) is 37.7 Å². The van der Waals surface area contributed by atoms with Crippen LogP contribution in [-0.4, -0.2) is 62.3 Å². The van der Waals surface area contributed by atoms with Gasteiger partial charge in [0.15, 0.2) is 0 Å². The van der Waals surface area contributed by atoms with Crippen molar-refractivity contribution < 1.29 is 28.2 Å². The lowest BCUT2D eigenvalue weighted by Crippen LogP contribution is -2.66. The van der Waals surface area contributed by atoms with Gasteiger partial charge in [-0.3, -0.25) is 4.79 Å². The summed E-state index contributed by atoms with van der Waals surface area (Å²) in [5, 5.41) is 2.51. The smallest absolute Gasteiger partial charge is 0.410 e. The summed E-state index contributed by atoms with van der Waals surface area (Å²) >= 11 is 0. The van der Waals surface area contributed by atoms with E-state index in [1.54, 1.807) is 11.9 Å². The number of hydrogen-bond donors (Lipinski definition) is 0. The van der Waals surface area contributed by atoms with E-state index in [-0.39, 0.29) is 16.6 Å². The zero-order valence-corrected chi connectivity index (χ0v) is 37.0. The molecule has 8 heteroatoms. The minimum Gasteiger partial charge on any atom is -0.488 e. The molecule has 0 radical (unpaired) electrons. The van der Waals surface area contributed by atoms with E-state index < -0.39 is 32.2 Å². The van der Waals surface area contributed by atoms with Crippen LogP contribution in [0.15, 0.2) is 97.1 Å². The van der Waals surface area contributed by atoms with Crippen LogP contribution in [0.4, 0.5) is 4.79 Å². The molecule has 0 fully saturated rings. The molecule has 0 aromatic heterocycles. The molecule has 0 heterocycles. The van der Waals surface area contributed by atoms with E-state index in [2.05, 4.69) is 107 Å². The van der Waals surface area contributed by atoms with Gasteiger partial charge in [0.2, 0.25) is 0 Å². The predicted octanol–water partition coefficient (Wildman–Crippen LogP) is 10.1. The Morgan fingerprint density at radius 2 is 1.33 bits per heavy atom. The van der Waals surface area contributed by atoms with Crippen LogP contribution in [0.3, 0.4) is 0 Å². The van der Waals surface area contributed by atoms with Crippen molar-refractivity contribution in [1.82, 2.24) is 4.90 Å². The fourth-order valence-corrected chi connectivity index (χ4v) is 11.9. The monoisotopic (exact) mass is 771 g/mol. The molecule has 3 aromatic carbocycles. The SMILES string of the molecule is CC(=O)O[C@H](CC/C=C/[C@H](C)C[C@H](C)CO[Si](c1ccccc1)(c1ccccc1)C(C)(C)C)[C@H](Cc1ccc(OC(C)(C)C)cc1)N(C)C(=O)OC(C)(C)C. The van der Waals surface area contributed by atoms with E-state index in [1.807, 2.05) is 65.8 Å². The van der Waals surface area contributed by atoms with Crippen molar-refractivity contribution in [1.29, 1.82) is 0 Å². The summed E-state index contributed by atoms with van der Waals surface area (Å²) in [5.74, 6) is 1.04. The summed E-state index contributed by atoms with van der Waals surface area (Å²) in [4.78, 5) is 27.4. The zero-order chi connectivity index (χ0) is 41.0. The Balaban J connectivity index is 1.74. The highest BCUT2D eigenvalue weighted by Crippen LogP contribution is 2.37. The first kappa shape index (κ1) is 45.5. The number of nitrogens with zero attached hydrogens (tertiary/aromatic N) is 1. The van der Waals surface area contributed by atoms with Gasteiger partial charge in [-0.2, -0.15) is 0 Å². The van der Waals surface area contributed by atoms with Crippen LogP contribution < -0.4 is 15.1 Å². The number of carbonyl (C=O) groups is 2. The van der Waals surface area contributed by atoms with Gasteiger partial charge in [0.25, 0.3) is 8.32 Å². The summed E-state index contributed by atoms with van der Waals surface area (Å²) < 4.78 is 24.9. The second-order valence-electron chi connectivity index (χ2n) is 18.2. The van der Waals surface area contributed by atoms with E-state index in [1.165, 1.54) is 17.3 Å². The number of likely N-dealkylation sites (N-methyl/N-ethyl adjacent to an activating group) is 1. The van der Waals surface area contributed by atoms with Crippen LogP contribution in [0.2, 0.25) is 5.04 Å². The molecule has 0 N–H and O–H groups in total. The van der Waals surface area contributed by atoms with Gasteiger partial charge < -0.3 is 23.5 Å². The van der Waals surface area contributed by atoms with Crippen LogP contribution in [-0.2, 0) is 25.1 Å². The van der Waals surface area contributed by atoms with Crippen LogP contribution in [0.1, 0.15) is 108 Å². The number of carbonyl (C=O) groups excluding carboxylic acids is 2. The molecule has 0 aliphatic carbocycles. The molecule has 4 atom stereocenters. The molecule has 0 unspecified atom stereocenters. The molecule has 0 aliphatic rings. The number of amides is 1. The third-order valence-electron chi connectivity index (χ3n) is 9.58. The Morgan fingerprint density at radius 1 is 0.782 bits per heavy atom. The van der Waals surface area contributed by atoms with Crippen molar-refractivity contribution in [3.8, 4) is 5.75 Å². The molecule has 302 valence electrons. The average Bonchev–Trinajstić information content (AvgIpc) is 3.08. The molecule has 3 rings (SSSR count). The largest absolute Gasteiger partial charge is 0.488 e. The van der Waals surface area contributed by atoms with Gasteiger partial charge in [0.1, 0.15) is 23.1 Å². The molecular formula is C47H69NO6Si. The van der Waals surface area contributed by atoms with Gasteiger partial charge in [0.05, 0.1) is 6.04 Å². The van der Waals surface area contributed by atoms with Crippen LogP contribution in [0.5, 0.6) is 5.75 Å². The fraction of sp³-hybridized carbons (Fsp3) is 0.532. The maximum atomic E-state index is 13.4. The van der Waals surface area contributed by atoms with Crippen molar-refractivity contribution >= 4 is 30.8 Å². The summed E-state index contributed by atoms with van der Waals surface area (Å²) in [5.41, 5.74) is 0.0134. The Bertz CT molecular complexity index is 1600. The minimum atomic E-state index is -2.61. The first-order chi connectivity index (χ1) is 25.6. The quantitative estimate of drug-likeness (QED) is 0.0773. The maximum Gasteiger partial charge on any atom is 0.410 e. The highest BCUT2D eigenvalue weighted by atomic mass is 28.4. The maximum absolute atomic E-state index is 13.4. The molecule has 3 aromatic rings. The summed E-state index contributed by atoms with van der Waals surface area (Å²) in [6.07, 6.45) is 6.13. The Kier molecular flexibility index (Phi) is 16.4. The van der Waals surface area contributed by atoms with Gasteiger partial charge >= 0.3 is 12.1 Å². The Labute approximate surface area is 333 Å². The van der Waals surface area contributed by atoms with Gasteiger partial charge in [-0.05, 0) is 112 Å². The van der Waals surface area contributed by atoms with Crippen molar-refractivity contribution in [2.24, 2.45) is 11.8 Å². The number of benzene rings is 3. The normalized spacial score (nSPS) is 14.9. The summed E-state index contributed by atoms with van der Waals surface area (Å²) in [6.45, 7) is 25.1. The molecule has 1 amide bonds. The molecule has 0 saturated carbocycles. The zero-order valence-electron chi connectivity index (χ0n) is 36.0. The summed E-state index contributed by atoms with van der Waals surface area (Å²) in [6, 6.07) is 29.0. The highest BCUT2D eigenvalue weighted by Gasteiger charge is 2.50. The van der Waals surface area contributed by atoms with Gasteiger partial charge in [0, 0.05) is 20.6 Å². The highest BCUT2D eigenvalue weighted by molar-refractivity contribution is 6.99. The lowest BCUT2D eigenvalue weighted by Gasteiger charge is -2.43. The Morgan fingerprint density at radius 3 is 1.80 bits per heavy atom. The fourth-order valence-electron chi connectivity index (χ4n) is 7.22. The number of hydrogen-bond acceptors (Lipinski definition) is 6. The molecule has 0 spiro atoms. The van der Waals surface area contributed by atoms with E-state index in [0.717, 1.165) is 17.7 Å². The molecule has 7 nitrogen and oxygen atoms in total. The van der Waals surface area contributed by atoms with Crippen LogP contribution in [0.25, 0.3) is 0 Å². The van der Waals surface area contributed by atoms with Crippen molar-refractivity contribution in [2.75, 3.05) is 13.7 Å². The lowest BCUT2D eigenvalue weighted by molar-refractivity contribution is -0.150. The topological polar surface area (TPSA) is 74.3 Å². The van der Waals surface area contributed by atoms with E-state index >= 15 is 0 Å². The number of esters is 1. The van der Waals surface area contributed by atoms with Crippen LogP contribution >= 0.6 is 0 Å². The second-order valence-corrected chi connectivity index (χ2v) is 22.5. The number of rotatable bonds is 17. The molecule has 0 bridgehead atoms. The van der Waals surface area contributed by atoms with Crippen molar-refractivity contribution in [3.63, 3.8) is 0 Å². The first-order valence-electron chi connectivity index (χ1n) is 19.9. The van der Waals surface area contributed by atoms with E-state index in [9.17, 15) is 9.59 Å². The molecule has 0 aliphatic heterocycles.